The first kappa shape index (κ1) is 15.9. The van der Waals surface area contributed by atoms with Crippen LogP contribution < -0.4 is 5.73 Å². The predicted octanol–water partition coefficient (Wildman–Crippen LogP) is 4.45. The zero-order chi connectivity index (χ0) is 11.4. The van der Waals surface area contributed by atoms with E-state index in [1.54, 1.807) is 12.1 Å². The maximum Gasteiger partial charge on any atom is 0.142 e. The fourth-order valence-electron chi connectivity index (χ4n) is 1.48. The Morgan fingerprint density at radius 3 is 2.50 bits per heavy atom. The zero-order valence-electron chi connectivity index (χ0n) is 9.54. The Hall–Kier alpha value is -0.120. The van der Waals surface area contributed by atoms with Crippen molar-refractivity contribution in [1.29, 1.82) is 0 Å². The first-order chi connectivity index (χ1) is 7.02. The van der Waals surface area contributed by atoms with Gasteiger partial charge in [0.25, 0.3) is 0 Å². The van der Waals surface area contributed by atoms with E-state index >= 15 is 0 Å². The molecule has 0 heterocycles. The summed E-state index contributed by atoms with van der Waals surface area (Å²) in [5.74, 6) is 0.375. The van der Waals surface area contributed by atoms with Gasteiger partial charge >= 0.3 is 0 Å². The standard InChI is InChI=1S/C12H17BrFN.ClH/c1-8(2)6-7-11(15)9-4-3-5-10(13)12(9)14;/h3-5,8,11H,6-7,15H2,1-2H3;1H/t11-;/m1./s1. The fourth-order valence-corrected chi connectivity index (χ4v) is 1.86. The highest BCUT2D eigenvalue weighted by Crippen LogP contribution is 2.25. The van der Waals surface area contributed by atoms with Crippen molar-refractivity contribution in [3.63, 3.8) is 0 Å². The van der Waals surface area contributed by atoms with Gasteiger partial charge in [0.2, 0.25) is 0 Å². The highest BCUT2D eigenvalue weighted by molar-refractivity contribution is 9.10. The summed E-state index contributed by atoms with van der Waals surface area (Å²) in [6.45, 7) is 4.29. The Morgan fingerprint density at radius 2 is 1.94 bits per heavy atom. The molecule has 0 bridgehead atoms. The van der Waals surface area contributed by atoms with E-state index < -0.39 is 0 Å². The van der Waals surface area contributed by atoms with Crippen molar-refractivity contribution in [3.8, 4) is 0 Å². The van der Waals surface area contributed by atoms with Gasteiger partial charge in [-0.3, -0.25) is 0 Å². The quantitative estimate of drug-likeness (QED) is 0.874. The fraction of sp³-hybridized carbons (Fsp3) is 0.500. The Balaban J connectivity index is 0.00000225. The van der Waals surface area contributed by atoms with Gasteiger partial charge in [0.05, 0.1) is 4.47 Å². The van der Waals surface area contributed by atoms with Crippen molar-refractivity contribution >= 4 is 28.3 Å². The van der Waals surface area contributed by atoms with Crippen LogP contribution >= 0.6 is 28.3 Å². The molecule has 0 aliphatic rings. The molecule has 16 heavy (non-hydrogen) atoms. The molecule has 2 N–H and O–H groups in total. The second-order valence-corrected chi connectivity index (χ2v) is 5.08. The van der Waals surface area contributed by atoms with E-state index in [0.717, 1.165) is 12.8 Å². The average Bonchev–Trinajstić information content (AvgIpc) is 2.18. The van der Waals surface area contributed by atoms with Gasteiger partial charge in [-0.1, -0.05) is 26.0 Å². The van der Waals surface area contributed by atoms with E-state index in [1.165, 1.54) is 0 Å². The van der Waals surface area contributed by atoms with Gasteiger partial charge in [0, 0.05) is 11.6 Å². The number of hydrogen-bond acceptors (Lipinski definition) is 1. The summed E-state index contributed by atoms with van der Waals surface area (Å²) in [6, 6.07) is 5.06. The molecule has 0 aliphatic carbocycles. The highest BCUT2D eigenvalue weighted by Gasteiger charge is 2.13. The first-order valence-electron chi connectivity index (χ1n) is 5.22. The van der Waals surface area contributed by atoms with Crippen molar-refractivity contribution in [2.75, 3.05) is 0 Å². The van der Waals surface area contributed by atoms with Crippen LogP contribution in [0.3, 0.4) is 0 Å². The molecule has 1 aromatic carbocycles. The molecule has 1 aromatic rings. The van der Waals surface area contributed by atoms with E-state index in [1.807, 2.05) is 6.07 Å². The van der Waals surface area contributed by atoms with Gasteiger partial charge in [-0.05, 0) is 40.8 Å². The van der Waals surface area contributed by atoms with Crippen molar-refractivity contribution in [3.05, 3.63) is 34.1 Å². The summed E-state index contributed by atoms with van der Waals surface area (Å²) in [7, 11) is 0. The van der Waals surface area contributed by atoms with Crippen LogP contribution in [0.4, 0.5) is 4.39 Å². The summed E-state index contributed by atoms with van der Waals surface area (Å²) >= 11 is 3.16. The number of halogens is 3. The Kier molecular flexibility index (Phi) is 7.20. The second-order valence-electron chi connectivity index (χ2n) is 4.22. The van der Waals surface area contributed by atoms with Gasteiger partial charge in [0.15, 0.2) is 0 Å². The monoisotopic (exact) mass is 309 g/mol. The summed E-state index contributed by atoms with van der Waals surface area (Å²) in [4.78, 5) is 0. The molecule has 92 valence electrons. The number of benzene rings is 1. The molecule has 0 saturated carbocycles. The molecular formula is C12H18BrClFN. The summed E-state index contributed by atoms with van der Waals surface area (Å²) in [5.41, 5.74) is 6.55. The third-order valence-electron chi connectivity index (χ3n) is 2.44. The summed E-state index contributed by atoms with van der Waals surface area (Å²) in [6.07, 6.45) is 1.85. The van der Waals surface area contributed by atoms with Gasteiger partial charge in [0.1, 0.15) is 5.82 Å². The number of nitrogens with two attached hydrogens (primary N) is 1. The molecule has 0 radical (unpaired) electrons. The van der Waals surface area contributed by atoms with Crippen molar-refractivity contribution < 1.29 is 4.39 Å². The molecule has 0 fully saturated rings. The Bertz CT molecular complexity index is 331. The minimum absolute atomic E-state index is 0. The molecule has 0 spiro atoms. The van der Waals surface area contributed by atoms with Gasteiger partial charge in [-0.2, -0.15) is 0 Å². The zero-order valence-corrected chi connectivity index (χ0v) is 11.9. The molecule has 1 nitrogen and oxygen atoms in total. The first-order valence-corrected chi connectivity index (χ1v) is 6.01. The van der Waals surface area contributed by atoms with Crippen LogP contribution in [0.5, 0.6) is 0 Å². The van der Waals surface area contributed by atoms with E-state index in [4.69, 9.17) is 5.73 Å². The Labute approximate surface area is 111 Å². The smallest absolute Gasteiger partial charge is 0.142 e. The van der Waals surface area contributed by atoms with Crippen LogP contribution in [0.15, 0.2) is 22.7 Å². The maximum absolute atomic E-state index is 13.6. The molecule has 0 aliphatic heterocycles. The molecular weight excluding hydrogens is 292 g/mol. The van der Waals surface area contributed by atoms with Crippen LogP contribution in [-0.4, -0.2) is 0 Å². The van der Waals surface area contributed by atoms with Crippen LogP contribution in [0.1, 0.15) is 38.3 Å². The van der Waals surface area contributed by atoms with E-state index in [2.05, 4.69) is 29.8 Å². The van der Waals surface area contributed by atoms with Crippen LogP contribution in [0.25, 0.3) is 0 Å². The average molecular weight is 311 g/mol. The van der Waals surface area contributed by atoms with E-state index in [-0.39, 0.29) is 24.3 Å². The lowest BCUT2D eigenvalue weighted by molar-refractivity contribution is 0.490. The summed E-state index contributed by atoms with van der Waals surface area (Å²) < 4.78 is 14.1. The topological polar surface area (TPSA) is 26.0 Å². The lowest BCUT2D eigenvalue weighted by atomic mass is 9.98. The lowest BCUT2D eigenvalue weighted by Crippen LogP contribution is -2.13. The second kappa shape index (κ2) is 7.25. The van der Waals surface area contributed by atoms with Crippen LogP contribution in [0.2, 0.25) is 0 Å². The highest BCUT2D eigenvalue weighted by atomic mass is 79.9. The minimum Gasteiger partial charge on any atom is -0.324 e. The predicted molar refractivity (Wildman–Crippen MR) is 72.3 cm³/mol. The molecule has 1 rings (SSSR count). The molecule has 4 heteroatoms. The van der Waals surface area contributed by atoms with E-state index in [9.17, 15) is 4.39 Å². The maximum atomic E-state index is 13.6. The van der Waals surface area contributed by atoms with Gasteiger partial charge < -0.3 is 5.73 Å². The number of hydrogen-bond donors (Lipinski definition) is 1. The molecule has 0 aromatic heterocycles. The molecule has 0 unspecified atom stereocenters. The van der Waals surface area contributed by atoms with Gasteiger partial charge in [-0.15, -0.1) is 12.4 Å². The largest absolute Gasteiger partial charge is 0.324 e. The van der Waals surface area contributed by atoms with Crippen molar-refractivity contribution in [2.45, 2.75) is 32.7 Å². The van der Waals surface area contributed by atoms with Gasteiger partial charge in [-0.25, -0.2) is 4.39 Å². The van der Waals surface area contributed by atoms with Crippen LogP contribution in [-0.2, 0) is 0 Å². The molecule has 1 atom stereocenters. The SMILES string of the molecule is CC(C)CC[C@@H](N)c1cccc(Br)c1F.Cl. The minimum atomic E-state index is -0.228. The molecule has 0 amide bonds. The van der Waals surface area contributed by atoms with Crippen LogP contribution in [0, 0.1) is 11.7 Å². The lowest BCUT2D eigenvalue weighted by Gasteiger charge is -2.14. The third-order valence-corrected chi connectivity index (χ3v) is 3.05. The molecule has 0 saturated heterocycles. The normalized spacial score (nSPS) is 12.4. The number of rotatable bonds is 4. The Morgan fingerprint density at radius 1 is 1.31 bits per heavy atom. The van der Waals surface area contributed by atoms with Crippen molar-refractivity contribution in [2.24, 2.45) is 11.7 Å². The van der Waals surface area contributed by atoms with E-state index in [0.29, 0.717) is 16.0 Å². The summed E-state index contributed by atoms with van der Waals surface area (Å²) in [5, 5.41) is 0. The third kappa shape index (κ3) is 4.40. The van der Waals surface area contributed by atoms with Crippen molar-refractivity contribution in [1.82, 2.24) is 0 Å².